The van der Waals surface area contributed by atoms with Gasteiger partial charge in [-0.05, 0) is 49.6 Å². The lowest BCUT2D eigenvalue weighted by molar-refractivity contribution is -0.140. The van der Waals surface area contributed by atoms with E-state index in [1.165, 1.54) is 0 Å². The average Bonchev–Trinajstić information content (AvgIpc) is 2.75. The number of amides is 2. The molecule has 0 bridgehead atoms. The maximum absolute atomic E-state index is 13.0. The first-order valence-corrected chi connectivity index (χ1v) is 10.9. The fourth-order valence-electron chi connectivity index (χ4n) is 3.02. The highest BCUT2D eigenvalue weighted by atomic mass is 35.5. The van der Waals surface area contributed by atoms with Gasteiger partial charge in [0.05, 0.1) is 6.61 Å². The molecule has 5 nitrogen and oxygen atoms in total. The Morgan fingerprint density at radius 1 is 1.10 bits per heavy atom. The van der Waals surface area contributed by atoms with Crippen LogP contribution >= 0.6 is 11.6 Å². The van der Waals surface area contributed by atoms with Gasteiger partial charge in [0.25, 0.3) is 0 Å². The van der Waals surface area contributed by atoms with Crippen LogP contribution in [0.2, 0.25) is 5.02 Å². The lowest BCUT2D eigenvalue weighted by Gasteiger charge is -2.29. The molecule has 2 aromatic carbocycles. The van der Waals surface area contributed by atoms with Crippen LogP contribution in [0.15, 0.2) is 54.6 Å². The molecule has 1 unspecified atom stereocenters. The van der Waals surface area contributed by atoms with Gasteiger partial charge in [-0.3, -0.25) is 9.59 Å². The molecule has 0 aliphatic heterocycles. The summed E-state index contributed by atoms with van der Waals surface area (Å²) in [6.07, 6.45) is 2.79. The molecule has 0 saturated heterocycles. The molecule has 1 N–H and O–H groups in total. The number of carbonyl (C=O) groups excluding carboxylic acids is 2. The molecule has 0 saturated carbocycles. The number of ether oxygens (including phenoxy) is 1. The smallest absolute Gasteiger partial charge is 0.242 e. The van der Waals surface area contributed by atoms with E-state index in [0.717, 1.165) is 24.2 Å². The highest BCUT2D eigenvalue weighted by molar-refractivity contribution is 6.30. The van der Waals surface area contributed by atoms with Gasteiger partial charge >= 0.3 is 0 Å². The molecule has 0 aromatic heterocycles. The summed E-state index contributed by atoms with van der Waals surface area (Å²) in [6, 6.07) is 16.3. The molecule has 2 aromatic rings. The molecule has 2 amide bonds. The lowest BCUT2D eigenvalue weighted by atomic mass is 10.1. The molecule has 162 valence electrons. The molecule has 30 heavy (non-hydrogen) atoms. The van der Waals surface area contributed by atoms with Gasteiger partial charge in [0.2, 0.25) is 11.8 Å². The Kier molecular flexibility index (Phi) is 10.2. The minimum Gasteiger partial charge on any atom is -0.494 e. The Hall–Kier alpha value is -2.53. The van der Waals surface area contributed by atoms with E-state index < -0.39 is 6.04 Å². The van der Waals surface area contributed by atoms with E-state index in [-0.39, 0.29) is 11.8 Å². The van der Waals surface area contributed by atoms with Crippen molar-refractivity contribution in [3.63, 3.8) is 0 Å². The minimum absolute atomic E-state index is 0.0789. The fraction of sp³-hybridized carbons (Fsp3) is 0.417. The Bertz CT molecular complexity index is 798. The summed E-state index contributed by atoms with van der Waals surface area (Å²) in [5.74, 6) is 0.563. The number of unbranched alkanes of at least 4 members (excludes halogenated alkanes) is 1. The van der Waals surface area contributed by atoms with Crippen molar-refractivity contribution in [3.05, 3.63) is 65.2 Å². The highest BCUT2D eigenvalue weighted by Crippen LogP contribution is 2.16. The first-order chi connectivity index (χ1) is 14.5. The maximum Gasteiger partial charge on any atom is 0.242 e. The second kappa shape index (κ2) is 12.9. The summed E-state index contributed by atoms with van der Waals surface area (Å²) in [5, 5.41) is 3.53. The van der Waals surface area contributed by atoms with Gasteiger partial charge in [0.15, 0.2) is 0 Å². The van der Waals surface area contributed by atoms with Crippen LogP contribution in [0, 0.1) is 0 Å². The minimum atomic E-state index is -0.566. The zero-order valence-corrected chi connectivity index (χ0v) is 18.5. The van der Waals surface area contributed by atoms with Crippen LogP contribution in [0.3, 0.4) is 0 Å². The van der Waals surface area contributed by atoms with Gasteiger partial charge in [-0.25, -0.2) is 0 Å². The number of carbonyl (C=O) groups is 2. The third-order valence-electron chi connectivity index (χ3n) is 4.79. The van der Waals surface area contributed by atoms with E-state index in [1.54, 1.807) is 17.9 Å². The van der Waals surface area contributed by atoms with Crippen molar-refractivity contribution in [3.8, 4) is 5.75 Å². The van der Waals surface area contributed by atoms with Gasteiger partial charge in [0.1, 0.15) is 11.8 Å². The van der Waals surface area contributed by atoms with Gasteiger partial charge in [-0.2, -0.15) is 0 Å². The van der Waals surface area contributed by atoms with Crippen molar-refractivity contribution in [2.45, 2.75) is 52.1 Å². The quantitative estimate of drug-likeness (QED) is 0.490. The van der Waals surface area contributed by atoms with Crippen LogP contribution in [0.5, 0.6) is 5.75 Å². The standard InChI is InChI=1S/C24H31ClN2O3/c1-3-4-15-26-24(29)19(2)27(18-20-10-8-11-21(25)17-20)23(28)14-9-16-30-22-12-6-5-7-13-22/h5-8,10-13,17,19H,3-4,9,14-16,18H2,1-2H3,(H,26,29). The van der Waals surface area contributed by atoms with Crippen molar-refractivity contribution >= 4 is 23.4 Å². The number of nitrogens with one attached hydrogen (secondary N) is 1. The molecule has 0 fully saturated rings. The molecular formula is C24H31ClN2O3. The Morgan fingerprint density at radius 2 is 1.87 bits per heavy atom. The summed E-state index contributed by atoms with van der Waals surface area (Å²) in [4.78, 5) is 27.2. The van der Waals surface area contributed by atoms with Crippen molar-refractivity contribution in [2.75, 3.05) is 13.2 Å². The van der Waals surface area contributed by atoms with Crippen LogP contribution < -0.4 is 10.1 Å². The SMILES string of the molecule is CCCCNC(=O)C(C)N(Cc1cccc(Cl)c1)C(=O)CCCOc1ccccc1. The second-order valence-electron chi connectivity index (χ2n) is 7.24. The maximum atomic E-state index is 13.0. The zero-order valence-electron chi connectivity index (χ0n) is 17.8. The monoisotopic (exact) mass is 430 g/mol. The molecule has 0 heterocycles. The lowest BCUT2D eigenvalue weighted by Crippen LogP contribution is -2.47. The second-order valence-corrected chi connectivity index (χ2v) is 7.67. The van der Waals surface area contributed by atoms with Crippen molar-refractivity contribution < 1.29 is 14.3 Å². The van der Waals surface area contributed by atoms with E-state index in [4.69, 9.17) is 16.3 Å². The van der Waals surface area contributed by atoms with Crippen molar-refractivity contribution in [1.82, 2.24) is 10.2 Å². The third kappa shape index (κ3) is 8.07. The number of nitrogens with zero attached hydrogens (tertiary/aromatic N) is 1. The number of benzene rings is 2. The van der Waals surface area contributed by atoms with Crippen molar-refractivity contribution in [2.24, 2.45) is 0 Å². The van der Waals surface area contributed by atoms with E-state index in [0.29, 0.717) is 37.6 Å². The molecule has 0 aliphatic rings. The normalized spacial score (nSPS) is 11.6. The van der Waals surface area contributed by atoms with E-state index in [9.17, 15) is 9.59 Å². The van der Waals surface area contributed by atoms with E-state index in [1.807, 2.05) is 48.5 Å². The summed E-state index contributed by atoms with van der Waals surface area (Å²) in [6.45, 7) is 5.23. The topological polar surface area (TPSA) is 58.6 Å². The first kappa shape index (κ1) is 23.7. The molecule has 0 radical (unpaired) electrons. The number of rotatable bonds is 12. The molecule has 1 atom stereocenters. The van der Waals surface area contributed by atoms with Crippen LogP contribution in [0.4, 0.5) is 0 Å². The predicted molar refractivity (Wildman–Crippen MR) is 121 cm³/mol. The summed E-state index contributed by atoms with van der Waals surface area (Å²) in [7, 11) is 0. The zero-order chi connectivity index (χ0) is 21.8. The molecule has 0 aliphatic carbocycles. The average molecular weight is 431 g/mol. The van der Waals surface area contributed by atoms with Crippen LogP contribution in [0.25, 0.3) is 0 Å². The largest absolute Gasteiger partial charge is 0.494 e. The van der Waals surface area contributed by atoms with Gasteiger partial charge in [-0.1, -0.05) is 55.3 Å². The first-order valence-electron chi connectivity index (χ1n) is 10.5. The van der Waals surface area contributed by atoms with E-state index >= 15 is 0 Å². The van der Waals surface area contributed by atoms with Gasteiger partial charge < -0.3 is 15.0 Å². The van der Waals surface area contributed by atoms with Gasteiger partial charge in [-0.15, -0.1) is 0 Å². The fourth-order valence-corrected chi connectivity index (χ4v) is 3.24. The highest BCUT2D eigenvalue weighted by Gasteiger charge is 2.25. The predicted octanol–water partition coefficient (Wildman–Crippen LogP) is 4.83. The Morgan fingerprint density at radius 3 is 2.57 bits per heavy atom. The van der Waals surface area contributed by atoms with Crippen LogP contribution in [-0.4, -0.2) is 35.9 Å². The molecule has 2 rings (SSSR count). The van der Waals surface area contributed by atoms with Crippen LogP contribution in [0.1, 0.15) is 45.1 Å². The summed E-state index contributed by atoms with van der Waals surface area (Å²) >= 11 is 6.10. The van der Waals surface area contributed by atoms with Crippen LogP contribution in [-0.2, 0) is 16.1 Å². The molecular weight excluding hydrogens is 400 g/mol. The number of halogens is 1. The van der Waals surface area contributed by atoms with Gasteiger partial charge in [0, 0.05) is 24.5 Å². The number of hydrogen-bond acceptors (Lipinski definition) is 3. The molecule has 6 heteroatoms. The Balaban J connectivity index is 1.97. The Labute approximate surface area is 184 Å². The summed E-state index contributed by atoms with van der Waals surface area (Å²) < 4.78 is 5.68. The number of hydrogen-bond donors (Lipinski definition) is 1. The summed E-state index contributed by atoms with van der Waals surface area (Å²) in [5.41, 5.74) is 0.893. The third-order valence-corrected chi connectivity index (χ3v) is 5.02. The van der Waals surface area contributed by atoms with E-state index in [2.05, 4.69) is 12.2 Å². The molecule has 0 spiro atoms. The number of para-hydroxylation sites is 1. The van der Waals surface area contributed by atoms with Crippen molar-refractivity contribution in [1.29, 1.82) is 0 Å².